The van der Waals surface area contributed by atoms with Crippen LogP contribution in [0.3, 0.4) is 0 Å². The fourth-order valence-corrected chi connectivity index (χ4v) is 3.32. The molecule has 110 valence electrons. The molecule has 1 heterocycles. The second kappa shape index (κ2) is 9.51. The Morgan fingerprint density at radius 1 is 1.11 bits per heavy atom. The standard InChI is InChI=1S/C16H30N2S/c1-5-14(6-2)12-18(8-4)13-16-10-9-15(19-16)11-17-7-3/h9-10,14,17H,5-8,11-13H2,1-4H3. The molecule has 1 aromatic rings. The van der Waals surface area contributed by atoms with Crippen molar-refractivity contribution in [3.63, 3.8) is 0 Å². The minimum atomic E-state index is 0.848. The Bertz CT molecular complexity index is 331. The lowest BCUT2D eigenvalue weighted by molar-refractivity contribution is 0.228. The van der Waals surface area contributed by atoms with Crippen molar-refractivity contribution in [1.29, 1.82) is 0 Å². The van der Waals surface area contributed by atoms with Crippen LogP contribution in [0.25, 0.3) is 0 Å². The van der Waals surface area contributed by atoms with Gasteiger partial charge in [-0.2, -0.15) is 0 Å². The monoisotopic (exact) mass is 282 g/mol. The van der Waals surface area contributed by atoms with Crippen molar-refractivity contribution >= 4 is 11.3 Å². The Morgan fingerprint density at radius 2 is 1.79 bits per heavy atom. The van der Waals surface area contributed by atoms with Gasteiger partial charge in [-0.15, -0.1) is 11.3 Å². The van der Waals surface area contributed by atoms with Crippen molar-refractivity contribution in [3.8, 4) is 0 Å². The van der Waals surface area contributed by atoms with Gasteiger partial charge in [0.25, 0.3) is 0 Å². The molecule has 3 heteroatoms. The van der Waals surface area contributed by atoms with Gasteiger partial charge in [0.1, 0.15) is 0 Å². The summed E-state index contributed by atoms with van der Waals surface area (Å²) >= 11 is 1.95. The maximum Gasteiger partial charge on any atom is 0.0328 e. The third kappa shape index (κ3) is 6.07. The fourth-order valence-electron chi connectivity index (χ4n) is 2.29. The van der Waals surface area contributed by atoms with Gasteiger partial charge in [0.2, 0.25) is 0 Å². The van der Waals surface area contributed by atoms with Gasteiger partial charge in [-0.3, -0.25) is 4.90 Å². The third-order valence-corrected chi connectivity index (χ3v) is 4.83. The van der Waals surface area contributed by atoms with Gasteiger partial charge in [0.05, 0.1) is 0 Å². The first kappa shape index (κ1) is 16.7. The van der Waals surface area contributed by atoms with E-state index in [0.29, 0.717) is 0 Å². The normalized spacial score (nSPS) is 11.7. The Balaban J connectivity index is 2.48. The number of thiophene rings is 1. The highest BCUT2D eigenvalue weighted by atomic mass is 32.1. The SMILES string of the molecule is CCNCc1ccc(CN(CC)CC(CC)CC)s1. The first-order valence-corrected chi connectivity index (χ1v) is 8.55. The summed E-state index contributed by atoms with van der Waals surface area (Å²) in [5.41, 5.74) is 0. The van der Waals surface area contributed by atoms with Gasteiger partial charge in [-0.1, -0.05) is 40.5 Å². The fraction of sp³-hybridized carbons (Fsp3) is 0.750. The molecule has 0 fully saturated rings. The molecule has 0 radical (unpaired) electrons. The molecule has 0 bridgehead atoms. The van der Waals surface area contributed by atoms with E-state index in [1.54, 1.807) is 0 Å². The van der Waals surface area contributed by atoms with Gasteiger partial charge in [0.15, 0.2) is 0 Å². The van der Waals surface area contributed by atoms with Gasteiger partial charge in [-0.05, 0) is 31.1 Å². The van der Waals surface area contributed by atoms with E-state index in [0.717, 1.165) is 32.1 Å². The minimum absolute atomic E-state index is 0.848. The maximum absolute atomic E-state index is 3.39. The molecule has 0 aromatic carbocycles. The van der Waals surface area contributed by atoms with Crippen molar-refractivity contribution in [2.75, 3.05) is 19.6 Å². The molecule has 0 saturated heterocycles. The first-order valence-electron chi connectivity index (χ1n) is 7.74. The van der Waals surface area contributed by atoms with Crippen molar-refractivity contribution in [3.05, 3.63) is 21.9 Å². The summed E-state index contributed by atoms with van der Waals surface area (Å²) in [7, 11) is 0. The van der Waals surface area contributed by atoms with Crippen LogP contribution < -0.4 is 5.32 Å². The average Bonchev–Trinajstić information content (AvgIpc) is 2.88. The third-order valence-electron chi connectivity index (χ3n) is 3.76. The highest BCUT2D eigenvalue weighted by Gasteiger charge is 2.11. The van der Waals surface area contributed by atoms with Crippen molar-refractivity contribution < 1.29 is 0 Å². The lowest BCUT2D eigenvalue weighted by atomic mass is 10.0. The molecule has 19 heavy (non-hydrogen) atoms. The minimum Gasteiger partial charge on any atom is -0.312 e. The van der Waals surface area contributed by atoms with Crippen LogP contribution in [-0.2, 0) is 13.1 Å². The summed E-state index contributed by atoms with van der Waals surface area (Å²) in [4.78, 5) is 5.54. The summed E-state index contributed by atoms with van der Waals surface area (Å²) in [5, 5.41) is 3.39. The van der Waals surface area contributed by atoms with E-state index in [-0.39, 0.29) is 0 Å². The molecule has 0 aliphatic carbocycles. The van der Waals surface area contributed by atoms with Crippen LogP contribution in [0, 0.1) is 5.92 Å². The van der Waals surface area contributed by atoms with E-state index < -0.39 is 0 Å². The molecule has 0 saturated carbocycles. The smallest absolute Gasteiger partial charge is 0.0328 e. The highest BCUT2D eigenvalue weighted by Crippen LogP contribution is 2.19. The summed E-state index contributed by atoms with van der Waals surface area (Å²) in [5.74, 6) is 0.848. The Labute approximate surface area is 123 Å². The van der Waals surface area contributed by atoms with Gasteiger partial charge in [0, 0.05) is 29.4 Å². The molecule has 0 spiro atoms. The Morgan fingerprint density at radius 3 is 2.37 bits per heavy atom. The number of rotatable bonds is 10. The van der Waals surface area contributed by atoms with E-state index in [1.807, 2.05) is 11.3 Å². The summed E-state index contributed by atoms with van der Waals surface area (Å²) < 4.78 is 0. The van der Waals surface area contributed by atoms with Crippen LogP contribution in [0.2, 0.25) is 0 Å². The van der Waals surface area contributed by atoms with Crippen LogP contribution in [0.15, 0.2) is 12.1 Å². The zero-order valence-electron chi connectivity index (χ0n) is 13.0. The maximum atomic E-state index is 3.39. The van der Waals surface area contributed by atoms with Crippen LogP contribution in [0.4, 0.5) is 0 Å². The molecule has 0 aliphatic rings. The summed E-state index contributed by atoms with van der Waals surface area (Å²) in [6.45, 7) is 14.6. The molecule has 1 rings (SSSR count). The van der Waals surface area contributed by atoms with Gasteiger partial charge in [-0.25, -0.2) is 0 Å². The van der Waals surface area contributed by atoms with E-state index in [4.69, 9.17) is 0 Å². The largest absolute Gasteiger partial charge is 0.312 e. The van der Waals surface area contributed by atoms with E-state index in [1.165, 1.54) is 29.1 Å². The second-order valence-corrected chi connectivity index (χ2v) is 6.41. The molecular formula is C16H30N2S. The number of hydrogen-bond donors (Lipinski definition) is 1. The van der Waals surface area contributed by atoms with Crippen molar-refractivity contribution in [2.24, 2.45) is 5.92 Å². The number of nitrogens with zero attached hydrogens (tertiary/aromatic N) is 1. The molecule has 1 aromatic heterocycles. The van der Waals surface area contributed by atoms with Crippen LogP contribution in [0.1, 0.15) is 50.3 Å². The first-order chi connectivity index (χ1) is 9.23. The van der Waals surface area contributed by atoms with Crippen LogP contribution >= 0.6 is 11.3 Å². The molecular weight excluding hydrogens is 252 g/mol. The molecule has 1 N–H and O–H groups in total. The van der Waals surface area contributed by atoms with Crippen LogP contribution in [0.5, 0.6) is 0 Å². The molecule has 0 unspecified atom stereocenters. The van der Waals surface area contributed by atoms with E-state index in [2.05, 4.69) is 50.0 Å². The lowest BCUT2D eigenvalue weighted by Gasteiger charge is -2.24. The Hall–Kier alpha value is -0.380. The van der Waals surface area contributed by atoms with Crippen molar-refractivity contribution in [2.45, 2.75) is 53.6 Å². The van der Waals surface area contributed by atoms with Gasteiger partial charge >= 0.3 is 0 Å². The quantitative estimate of drug-likeness (QED) is 0.694. The zero-order chi connectivity index (χ0) is 14.1. The number of hydrogen-bond acceptors (Lipinski definition) is 3. The zero-order valence-corrected chi connectivity index (χ0v) is 13.9. The average molecular weight is 282 g/mol. The molecule has 0 amide bonds. The molecule has 2 nitrogen and oxygen atoms in total. The molecule has 0 aliphatic heterocycles. The lowest BCUT2D eigenvalue weighted by Crippen LogP contribution is -2.28. The molecule has 0 atom stereocenters. The predicted molar refractivity (Wildman–Crippen MR) is 86.7 cm³/mol. The van der Waals surface area contributed by atoms with E-state index >= 15 is 0 Å². The van der Waals surface area contributed by atoms with Crippen molar-refractivity contribution in [1.82, 2.24) is 10.2 Å². The topological polar surface area (TPSA) is 15.3 Å². The van der Waals surface area contributed by atoms with E-state index in [9.17, 15) is 0 Å². The second-order valence-electron chi connectivity index (χ2n) is 5.16. The summed E-state index contributed by atoms with van der Waals surface area (Å²) in [6, 6.07) is 4.57. The van der Waals surface area contributed by atoms with Crippen LogP contribution in [-0.4, -0.2) is 24.5 Å². The highest BCUT2D eigenvalue weighted by molar-refractivity contribution is 7.11. The van der Waals surface area contributed by atoms with Gasteiger partial charge < -0.3 is 5.32 Å². The number of nitrogens with one attached hydrogen (secondary N) is 1. The summed E-state index contributed by atoms with van der Waals surface area (Å²) in [6.07, 6.45) is 2.59. The predicted octanol–water partition coefficient (Wildman–Crippen LogP) is 4.12. The Kier molecular flexibility index (Phi) is 8.35.